The molecule has 0 aliphatic carbocycles. The number of likely N-dealkylation sites (N-methyl/N-ethyl adjacent to an activating group) is 2. The summed E-state index contributed by atoms with van der Waals surface area (Å²) in [7, 11) is 5.04. The Morgan fingerprint density at radius 1 is 0.845 bits per heavy atom. The molecule has 58 heavy (non-hydrogen) atoms. The Morgan fingerprint density at radius 2 is 1.40 bits per heavy atom. The standard InChI is InChI=1S/C44H69N5O9/c1-26(2)32(24-27(3)36(52)45-30(22-23-33(50)51)39(55)57-42(7,8)9)48(16)38(54)34(41(4,5)6)46-37(53)35(49(17)40(56)58-43(10,11)12)44(13,14)29-25-47(15)31-21-19-18-20-28(29)31/h18-21,24-26,30,32,34-35H,22-23H2,1-17H3,(H,45,52)(H,46,53)(H,50,51)/b27-24+/t30-,32+,34?,35+/m0/s1. The van der Waals surface area contributed by atoms with Crippen LogP contribution >= 0.6 is 0 Å². The van der Waals surface area contributed by atoms with Crippen LogP contribution in [0.15, 0.2) is 42.1 Å². The summed E-state index contributed by atoms with van der Waals surface area (Å²) in [6.07, 6.45) is 2.32. The van der Waals surface area contributed by atoms with Gasteiger partial charge in [-0.15, -0.1) is 0 Å². The van der Waals surface area contributed by atoms with Crippen LogP contribution in [0.2, 0.25) is 0 Å². The molecule has 0 saturated heterocycles. The number of esters is 1. The molecule has 0 bridgehead atoms. The van der Waals surface area contributed by atoms with E-state index in [9.17, 15) is 33.9 Å². The van der Waals surface area contributed by atoms with E-state index in [1.54, 1.807) is 61.6 Å². The number of hydrogen-bond acceptors (Lipinski definition) is 8. The molecule has 3 N–H and O–H groups in total. The Hall–Kier alpha value is -4.88. The zero-order valence-electron chi connectivity index (χ0n) is 37.8. The lowest BCUT2D eigenvalue weighted by Gasteiger charge is -2.42. The van der Waals surface area contributed by atoms with Crippen LogP contribution in [0.3, 0.4) is 0 Å². The maximum absolute atomic E-state index is 14.8. The molecular weight excluding hydrogens is 743 g/mol. The highest BCUT2D eigenvalue weighted by atomic mass is 16.6. The van der Waals surface area contributed by atoms with Crippen LogP contribution in [0.1, 0.15) is 115 Å². The molecule has 0 saturated carbocycles. The summed E-state index contributed by atoms with van der Waals surface area (Å²) in [5.41, 5.74) is -1.55. The SMILES string of the molecule is C/C(=C\[C@H](C(C)C)N(C)C(=O)C(NC(=O)[C@@H](N(C)C(=O)OC(C)(C)C)C(C)(C)c1cn(C)c2ccccc12)C(C)(C)C)C(=O)N[C@@H](CCC(=O)O)C(=O)OC(C)(C)C. The molecule has 1 aromatic heterocycles. The Balaban J connectivity index is 2.57. The number of amides is 4. The Labute approximate surface area is 345 Å². The summed E-state index contributed by atoms with van der Waals surface area (Å²) in [5.74, 6) is -3.72. The lowest BCUT2D eigenvalue weighted by Crippen LogP contribution is -2.63. The first-order chi connectivity index (χ1) is 26.3. The minimum absolute atomic E-state index is 0.177. The van der Waals surface area contributed by atoms with Gasteiger partial charge in [-0.2, -0.15) is 0 Å². The van der Waals surface area contributed by atoms with Crippen LogP contribution in [-0.2, 0) is 45.9 Å². The maximum Gasteiger partial charge on any atom is 0.410 e. The molecule has 1 heterocycles. The fraction of sp³-hybridized carbons (Fsp3) is 0.636. The lowest BCUT2D eigenvalue weighted by atomic mass is 9.76. The first-order valence-electron chi connectivity index (χ1n) is 19.8. The molecule has 4 atom stereocenters. The van der Waals surface area contributed by atoms with Crippen molar-refractivity contribution in [1.82, 2.24) is 25.0 Å². The summed E-state index contributed by atoms with van der Waals surface area (Å²) in [5, 5.41) is 15.8. The molecule has 0 spiro atoms. The highest BCUT2D eigenvalue weighted by Gasteiger charge is 2.47. The van der Waals surface area contributed by atoms with Crippen molar-refractivity contribution in [2.75, 3.05) is 14.1 Å². The molecule has 0 aliphatic heterocycles. The number of rotatable bonds is 15. The molecule has 0 fully saturated rings. The van der Waals surface area contributed by atoms with Gasteiger partial charge in [0.05, 0.1) is 6.04 Å². The van der Waals surface area contributed by atoms with E-state index in [0.717, 1.165) is 16.5 Å². The van der Waals surface area contributed by atoms with Gasteiger partial charge in [-0.05, 0) is 77.8 Å². The third kappa shape index (κ3) is 13.1. The second kappa shape index (κ2) is 18.8. The predicted molar refractivity (Wildman–Crippen MR) is 225 cm³/mol. The van der Waals surface area contributed by atoms with Gasteiger partial charge in [-0.25, -0.2) is 9.59 Å². The molecular formula is C44H69N5O9. The van der Waals surface area contributed by atoms with E-state index in [1.165, 1.54) is 16.8 Å². The summed E-state index contributed by atoms with van der Waals surface area (Å²) in [6, 6.07) is 3.72. The summed E-state index contributed by atoms with van der Waals surface area (Å²) >= 11 is 0. The number of aryl methyl sites for hydroxylation is 1. The van der Waals surface area contributed by atoms with Crippen molar-refractivity contribution in [1.29, 1.82) is 0 Å². The zero-order valence-corrected chi connectivity index (χ0v) is 37.8. The smallest absolute Gasteiger partial charge is 0.410 e. The highest BCUT2D eigenvalue weighted by Crippen LogP contribution is 2.37. The van der Waals surface area contributed by atoms with Crippen LogP contribution in [0.5, 0.6) is 0 Å². The van der Waals surface area contributed by atoms with Crippen LogP contribution in [0, 0.1) is 11.3 Å². The van der Waals surface area contributed by atoms with Gasteiger partial charge in [-0.3, -0.25) is 24.1 Å². The van der Waals surface area contributed by atoms with Crippen molar-refractivity contribution < 1.29 is 43.3 Å². The van der Waals surface area contributed by atoms with Gasteiger partial charge in [-0.1, -0.05) is 72.7 Å². The van der Waals surface area contributed by atoms with E-state index in [-0.39, 0.29) is 24.3 Å². The third-order valence-electron chi connectivity index (χ3n) is 9.89. The first-order valence-corrected chi connectivity index (χ1v) is 19.8. The number of carboxylic acids is 1. The quantitative estimate of drug-likeness (QED) is 0.137. The number of carboxylic acid groups (broad SMARTS) is 1. The Bertz CT molecular complexity index is 1860. The van der Waals surface area contributed by atoms with E-state index < -0.39 is 82.0 Å². The van der Waals surface area contributed by atoms with Gasteiger partial charge in [0.2, 0.25) is 17.7 Å². The average molecular weight is 812 g/mol. The van der Waals surface area contributed by atoms with E-state index in [0.29, 0.717) is 0 Å². The van der Waals surface area contributed by atoms with E-state index >= 15 is 0 Å². The van der Waals surface area contributed by atoms with Gasteiger partial charge in [0.1, 0.15) is 29.3 Å². The number of ether oxygens (including phenoxy) is 2. The number of benzene rings is 1. The number of aliphatic carboxylic acids is 1. The number of carbonyl (C=O) groups excluding carboxylic acids is 5. The van der Waals surface area contributed by atoms with Crippen molar-refractivity contribution in [3.63, 3.8) is 0 Å². The summed E-state index contributed by atoms with van der Waals surface area (Å²) in [4.78, 5) is 83.7. The number of aromatic nitrogens is 1. The number of para-hydroxylation sites is 1. The van der Waals surface area contributed by atoms with E-state index in [4.69, 9.17) is 9.47 Å². The van der Waals surface area contributed by atoms with Gasteiger partial charge >= 0.3 is 18.0 Å². The van der Waals surface area contributed by atoms with E-state index in [1.807, 2.05) is 90.5 Å². The van der Waals surface area contributed by atoms with Crippen molar-refractivity contribution in [2.24, 2.45) is 18.4 Å². The third-order valence-corrected chi connectivity index (χ3v) is 9.89. The van der Waals surface area contributed by atoms with Gasteiger partial charge < -0.3 is 34.7 Å². The molecule has 2 aromatic rings. The minimum Gasteiger partial charge on any atom is -0.481 e. The van der Waals surface area contributed by atoms with Crippen LogP contribution in [-0.4, -0.2) is 105 Å². The monoisotopic (exact) mass is 812 g/mol. The fourth-order valence-corrected chi connectivity index (χ4v) is 6.89. The molecule has 4 amide bonds. The first kappa shape index (κ1) is 49.3. The Morgan fingerprint density at radius 3 is 1.90 bits per heavy atom. The van der Waals surface area contributed by atoms with Gasteiger partial charge in [0.15, 0.2) is 0 Å². The fourth-order valence-electron chi connectivity index (χ4n) is 6.89. The van der Waals surface area contributed by atoms with Crippen molar-refractivity contribution in [3.05, 3.63) is 47.7 Å². The number of carbonyl (C=O) groups is 6. The molecule has 14 heteroatoms. The molecule has 14 nitrogen and oxygen atoms in total. The Kier molecular flexibility index (Phi) is 16.0. The maximum atomic E-state index is 14.8. The van der Waals surface area contributed by atoms with Gasteiger partial charge in [0.25, 0.3) is 0 Å². The van der Waals surface area contributed by atoms with Crippen LogP contribution in [0.25, 0.3) is 10.9 Å². The van der Waals surface area contributed by atoms with Crippen molar-refractivity contribution >= 4 is 46.7 Å². The topological polar surface area (TPSA) is 177 Å². The largest absolute Gasteiger partial charge is 0.481 e. The molecule has 324 valence electrons. The second-order valence-corrected chi connectivity index (χ2v) is 19.2. The number of nitrogens with zero attached hydrogens (tertiary/aromatic N) is 3. The predicted octanol–water partition coefficient (Wildman–Crippen LogP) is 6.34. The van der Waals surface area contributed by atoms with Crippen molar-refractivity contribution in [3.8, 4) is 0 Å². The summed E-state index contributed by atoms with van der Waals surface area (Å²) in [6.45, 7) is 24.8. The number of nitrogens with one attached hydrogen (secondary N) is 2. The number of hydrogen-bond donors (Lipinski definition) is 3. The van der Waals surface area contributed by atoms with E-state index in [2.05, 4.69) is 10.6 Å². The zero-order chi connectivity index (χ0) is 44.9. The molecule has 2 rings (SSSR count). The van der Waals surface area contributed by atoms with Crippen LogP contribution in [0.4, 0.5) is 4.79 Å². The second-order valence-electron chi connectivity index (χ2n) is 19.2. The lowest BCUT2D eigenvalue weighted by molar-refractivity contribution is -0.158. The van der Waals surface area contributed by atoms with Gasteiger partial charge in [0, 0.05) is 55.7 Å². The summed E-state index contributed by atoms with van der Waals surface area (Å²) < 4.78 is 13.2. The van der Waals surface area contributed by atoms with Crippen LogP contribution < -0.4 is 10.6 Å². The minimum atomic E-state index is -1.21. The number of fused-ring (bicyclic) bond motifs is 1. The molecule has 0 aliphatic rings. The molecule has 0 radical (unpaired) electrons. The average Bonchev–Trinajstić information content (AvgIpc) is 3.41. The van der Waals surface area contributed by atoms with Crippen molar-refractivity contribution in [2.45, 2.75) is 151 Å². The molecule has 1 unspecified atom stereocenters. The highest BCUT2D eigenvalue weighted by molar-refractivity contribution is 5.97. The normalized spacial score (nSPS) is 14.9. The molecule has 1 aromatic carbocycles.